The maximum absolute atomic E-state index is 2.28. The van der Waals surface area contributed by atoms with Crippen molar-refractivity contribution < 1.29 is 0 Å². The predicted molar refractivity (Wildman–Crippen MR) is 101 cm³/mol. The third-order valence-corrected chi connectivity index (χ3v) is 4.28. The van der Waals surface area contributed by atoms with Crippen LogP contribution in [0.4, 0.5) is 0 Å². The number of hydrogen-bond acceptors (Lipinski definition) is 0. The van der Waals surface area contributed by atoms with Crippen molar-refractivity contribution in [2.24, 2.45) is 0 Å². The second-order valence-corrected chi connectivity index (χ2v) is 7.21. The third-order valence-electron chi connectivity index (χ3n) is 4.28. The Kier molecular flexibility index (Phi) is 4.09. The van der Waals surface area contributed by atoms with Crippen molar-refractivity contribution in [1.29, 1.82) is 0 Å². The lowest BCUT2D eigenvalue weighted by atomic mass is 9.80. The van der Waals surface area contributed by atoms with E-state index < -0.39 is 0 Å². The van der Waals surface area contributed by atoms with Gasteiger partial charge in [-0.3, -0.25) is 0 Å². The van der Waals surface area contributed by atoms with Gasteiger partial charge in [0.05, 0.1) is 0 Å². The zero-order chi connectivity index (χ0) is 16.4. The summed E-state index contributed by atoms with van der Waals surface area (Å²) in [6.07, 6.45) is 0. The van der Waals surface area contributed by atoms with E-state index in [-0.39, 0.29) is 5.41 Å². The lowest BCUT2D eigenvalue weighted by molar-refractivity contribution is 0.592. The fourth-order valence-electron chi connectivity index (χ4n) is 3.15. The van der Waals surface area contributed by atoms with Crippen LogP contribution in [0, 0.1) is 6.92 Å². The molecule has 0 unspecified atom stereocenters. The van der Waals surface area contributed by atoms with E-state index in [1.807, 2.05) is 0 Å². The molecule has 0 heteroatoms. The van der Waals surface area contributed by atoms with Gasteiger partial charge in [0.15, 0.2) is 0 Å². The molecular formula is C23H24. The smallest absolute Gasteiger partial charge is 0.0102 e. The lowest BCUT2D eigenvalue weighted by Gasteiger charge is -2.24. The number of aryl methyl sites for hydroxylation is 1. The molecule has 0 atom stereocenters. The van der Waals surface area contributed by atoms with Crippen LogP contribution in [0.1, 0.15) is 31.9 Å². The van der Waals surface area contributed by atoms with E-state index in [1.54, 1.807) is 0 Å². The minimum Gasteiger partial charge on any atom is -0.0619 e. The largest absolute Gasteiger partial charge is 0.0619 e. The molecule has 0 nitrogen and oxygen atoms in total. The van der Waals surface area contributed by atoms with Crippen molar-refractivity contribution in [2.75, 3.05) is 0 Å². The van der Waals surface area contributed by atoms with E-state index in [2.05, 4.69) is 100 Å². The van der Waals surface area contributed by atoms with E-state index in [1.165, 1.54) is 33.4 Å². The van der Waals surface area contributed by atoms with E-state index in [4.69, 9.17) is 0 Å². The summed E-state index contributed by atoms with van der Waals surface area (Å²) in [7, 11) is 0. The van der Waals surface area contributed by atoms with Crippen LogP contribution in [0.15, 0.2) is 72.8 Å². The summed E-state index contributed by atoms with van der Waals surface area (Å²) in [5.41, 5.74) is 8.02. The highest BCUT2D eigenvalue weighted by molar-refractivity contribution is 5.85. The molecule has 0 aliphatic rings. The fourth-order valence-corrected chi connectivity index (χ4v) is 3.15. The van der Waals surface area contributed by atoms with Gasteiger partial charge in [-0.15, -0.1) is 0 Å². The second-order valence-electron chi connectivity index (χ2n) is 7.21. The van der Waals surface area contributed by atoms with Crippen LogP contribution in [-0.4, -0.2) is 0 Å². The molecule has 3 aromatic rings. The summed E-state index contributed by atoms with van der Waals surface area (Å²) in [5.74, 6) is 0. The minimum atomic E-state index is 0.121. The molecule has 0 fully saturated rings. The Morgan fingerprint density at radius 2 is 1.22 bits per heavy atom. The summed E-state index contributed by atoms with van der Waals surface area (Å²) in [4.78, 5) is 0. The number of rotatable bonds is 2. The van der Waals surface area contributed by atoms with Crippen LogP contribution in [0.3, 0.4) is 0 Å². The Hall–Kier alpha value is -2.34. The van der Waals surface area contributed by atoms with Gasteiger partial charge in [0.1, 0.15) is 0 Å². The van der Waals surface area contributed by atoms with Crippen molar-refractivity contribution >= 4 is 0 Å². The molecule has 0 aliphatic carbocycles. The summed E-state index contributed by atoms with van der Waals surface area (Å²) in [5, 5.41) is 0. The molecule has 23 heavy (non-hydrogen) atoms. The summed E-state index contributed by atoms with van der Waals surface area (Å²) in [6, 6.07) is 26.2. The zero-order valence-electron chi connectivity index (χ0n) is 14.4. The first-order valence-electron chi connectivity index (χ1n) is 8.23. The molecule has 0 N–H and O–H groups in total. The third kappa shape index (κ3) is 3.22. The van der Waals surface area contributed by atoms with Gasteiger partial charge < -0.3 is 0 Å². The lowest BCUT2D eigenvalue weighted by Crippen LogP contribution is -2.12. The van der Waals surface area contributed by atoms with Crippen LogP contribution < -0.4 is 0 Å². The Bertz CT molecular complexity index is 819. The average molecular weight is 300 g/mol. The summed E-state index contributed by atoms with van der Waals surface area (Å²) < 4.78 is 0. The van der Waals surface area contributed by atoms with Crippen molar-refractivity contribution in [3.8, 4) is 22.3 Å². The first-order valence-corrected chi connectivity index (χ1v) is 8.23. The molecule has 0 radical (unpaired) electrons. The van der Waals surface area contributed by atoms with E-state index >= 15 is 0 Å². The zero-order valence-corrected chi connectivity index (χ0v) is 14.4. The Morgan fingerprint density at radius 1 is 0.609 bits per heavy atom. The van der Waals surface area contributed by atoms with Crippen molar-refractivity contribution in [3.63, 3.8) is 0 Å². The maximum Gasteiger partial charge on any atom is -0.0102 e. The first kappa shape index (κ1) is 15.6. The van der Waals surface area contributed by atoms with Gasteiger partial charge in [-0.25, -0.2) is 0 Å². The van der Waals surface area contributed by atoms with E-state index in [0.29, 0.717) is 0 Å². The van der Waals surface area contributed by atoms with Crippen LogP contribution in [0.2, 0.25) is 0 Å². The van der Waals surface area contributed by atoms with Gasteiger partial charge in [-0.1, -0.05) is 99.1 Å². The topological polar surface area (TPSA) is 0 Å². The van der Waals surface area contributed by atoms with Gasteiger partial charge in [-0.05, 0) is 40.2 Å². The molecule has 0 aliphatic heterocycles. The molecule has 0 bridgehead atoms. The molecule has 0 aromatic heterocycles. The van der Waals surface area contributed by atoms with Crippen LogP contribution in [0.25, 0.3) is 22.3 Å². The predicted octanol–water partition coefficient (Wildman–Crippen LogP) is 6.63. The highest BCUT2D eigenvalue weighted by Crippen LogP contribution is 2.38. The normalized spacial score (nSPS) is 11.5. The fraction of sp³-hybridized carbons (Fsp3) is 0.217. The highest BCUT2D eigenvalue weighted by Gasteiger charge is 2.19. The van der Waals surface area contributed by atoms with E-state index in [0.717, 1.165) is 0 Å². The molecule has 0 saturated carbocycles. The Morgan fingerprint density at radius 3 is 1.87 bits per heavy atom. The van der Waals surface area contributed by atoms with E-state index in [9.17, 15) is 0 Å². The molecule has 0 amide bonds. The summed E-state index contributed by atoms with van der Waals surface area (Å²) in [6.45, 7) is 8.98. The highest BCUT2D eigenvalue weighted by atomic mass is 14.2. The van der Waals surface area contributed by atoms with Crippen LogP contribution >= 0.6 is 0 Å². The number of hydrogen-bond donors (Lipinski definition) is 0. The molecule has 0 spiro atoms. The maximum atomic E-state index is 2.28. The Labute approximate surface area is 139 Å². The van der Waals surface area contributed by atoms with Crippen LogP contribution in [0.5, 0.6) is 0 Å². The number of benzene rings is 3. The quantitative estimate of drug-likeness (QED) is 0.498. The molecule has 116 valence electrons. The second kappa shape index (κ2) is 6.04. The Balaban J connectivity index is 2.24. The standard InChI is InChI=1S/C23H24/c1-17-10-9-11-18(16-17)19-12-5-6-13-20(19)21-14-7-8-15-22(21)23(2,3)4/h5-16H,1-4H3. The van der Waals surface area contributed by atoms with Crippen molar-refractivity contribution in [3.05, 3.63) is 83.9 Å². The van der Waals surface area contributed by atoms with Gasteiger partial charge >= 0.3 is 0 Å². The molecule has 0 saturated heterocycles. The van der Waals surface area contributed by atoms with Crippen molar-refractivity contribution in [1.82, 2.24) is 0 Å². The monoisotopic (exact) mass is 300 g/mol. The molecule has 3 aromatic carbocycles. The van der Waals surface area contributed by atoms with Crippen LogP contribution in [-0.2, 0) is 5.41 Å². The van der Waals surface area contributed by atoms with Gasteiger partial charge in [-0.2, -0.15) is 0 Å². The SMILES string of the molecule is Cc1cccc(-c2ccccc2-c2ccccc2C(C)(C)C)c1. The molecular weight excluding hydrogens is 276 g/mol. The molecule has 0 heterocycles. The van der Waals surface area contributed by atoms with Gasteiger partial charge in [0.2, 0.25) is 0 Å². The summed E-state index contributed by atoms with van der Waals surface area (Å²) >= 11 is 0. The molecule has 3 rings (SSSR count). The first-order chi connectivity index (χ1) is 11.0. The van der Waals surface area contributed by atoms with Gasteiger partial charge in [0, 0.05) is 0 Å². The van der Waals surface area contributed by atoms with Crippen molar-refractivity contribution in [2.45, 2.75) is 33.1 Å². The van der Waals surface area contributed by atoms with Gasteiger partial charge in [0.25, 0.3) is 0 Å². The average Bonchev–Trinajstić information content (AvgIpc) is 2.54. The minimum absolute atomic E-state index is 0.121.